The van der Waals surface area contributed by atoms with Crippen molar-refractivity contribution in [2.45, 2.75) is 57.0 Å². The lowest BCUT2D eigenvalue weighted by molar-refractivity contribution is 0.0696. The number of nitrogens with zero attached hydrogens (tertiary/aromatic N) is 1. The van der Waals surface area contributed by atoms with Gasteiger partial charge < -0.3 is 5.11 Å². The van der Waals surface area contributed by atoms with Crippen LogP contribution in [0, 0.1) is 6.92 Å². The first kappa shape index (κ1) is 16.0. The molecule has 0 bridgehead atoms. The molecular formula is C15H21NO4S. The molecule has 116 valence electrons. The number of hydrogen-bond acceptors (Lipinski definition) is 3. The fourth-order valence-electron chi connectivity index (χ4n) is 2.99. The molecule has 1 aromatic rings. The highest BCUT2D eigenvalue weighted by Gasteiger charge is 2.39. The maximum absolute atomic E-state index is 12.9. The topological polar surface area (TPSA) is 74.7 Å². The molecule has 2 rings (SSSR count). The van der Waals surface area contributed by atoms with Crippen LogP contribution in [0.3, 0.4) is 0 Å². The highest BCUT2D eigenvalue weighted by Crippen LogP contribution is 2.33. The molecule has 1 aromatic carbocycles. The molecule has 1 N–H and O–H groups in total. The number of carboxylic acid groups (broad SMARTS) is 1. The third-order valence-electron chi connectivity index (χ3n) is 4.17. The molecule has 6 heteroatoms. The van der Waals surface area contributed by atoms with Crippen molar-refractivity contribution in [3.05, 3.63) is 29.3 Å². The van der Waals surface area contributed by atoms with E-state index in [-0.39, 0.29) is 22.5 Å². The van der Waals surface area contributed by atoms with Gasteiger partial charge >= 0.3 is 5.97 Å². The lowest BCUT2D eigenvalue weighted by Gasteiger charge is -2.27. The summed E-state index contributed by atoms with van der Waals surface area (Å²) in [5, 5.41) is 9.07. The van der Waals surface area contributed by atoms with E-state index in [0.29, 0.717) is 5.56 Å². The largest absolute Gasteiger partial charge is 0.478 e. The van der Waals surface area contributed by atoms with Crippen molar-refractivity contribution in [3.63, 3.8) is 0 Å². The smallest absolute Gasteiger partial charge is 0.335 e. The van der Waals surface area contributed by atoms with Gasteiger partial charge in [-0.05, 0) is 50.8 Å². The number of sulfonamides is 1. The predicted octanol–water partition coefficient (Wildman–Crippen LogP) is 2.64. The summed E-state index contributed by atoms with van der Waals surface area (Å²) in [6.45, 7) is 5.58. The van der Waals surface area contributed by atoms with Crippen molar-refractivity contribution in [2.24, 2.45) is 0 Å². The normalized spacial score (nSPS) is 23.4. The van der Waals surface area contributed by atoms with Crippen LogP contribution in [0.1, 0.15) is 49.0 Å². The fourth-order valence-corrected chi connectivity index (χ4v) is 5.19. The minimum absolute atomic E-state index is 0.000858. The van der Waals surface area contributed by atoms with E-state index in [4.69, 9.17) is 5.11 Å². The van der Waals surface area contributed by atoms with E-state index < -0.39 is 16.0 Å². The van der Waals surface area contributed by atoms with Gasteiger partial charge in [0, 0.05) is 12.1 Å². The Labute approximate surface area is 125 Å². The Balaban J connectivity index is 2.53. The van der Waals surface area contributed by atoms with Crippen LogP contribution in [-0.4, -0.2) is 35.9 Å². The van der Waals surface area contributed by atoms with Gasteiger partial charge in [-0.1, -0.05) is 13.0 Å². The molecule has 0 radical (unpaired) electrons. The SMILES string of the molecule is CCC1CCC(C)N1S(=O)(=O)c1cc(C(=O)O)ccc1C. The monoisotopic (exact) mass is 311 g/mol. The zero-order chi connectivity index (χ0) is 15.8. The molecule has 5 nitrogen and oxygen atoms in total. The van der Waals surface area contributed by atoms with E-state index >= 15 is 0 Å². The molecule has 0 aromatic heterocycles. The number of carbonyl (C=O) groups is 1. The second kappa shape index (κ2) is 5.77. The van der Waals surface area contributed by atoms with Crippen molar-refractivity contribution in [1.82, 2.24) is 4.31 Å². The van der Waals surface area contributed by atoms with E-state index in [1.54, 1.807) is 17.3 Å². The van der Waals surface area contributed by atoms with Crippen molar-refractivity contribution in [2.75, 3.05) is 0 Å². The van der Waals surface area contributed by atoms with Crippen LogP contribution in [0.15, 0.2) is 23.1 Å². The average Bonchev–Trinajstić information content (AvgIpc) is 2.80. The molecule has 21 heavy (non-hydrogen) atoms. The maximum Gasteiger partial charge on any atom is 0.335 e. The molecule has 1 aliphatic rings. The van der Waals surface area contributed by atoms with Crippen LogP contribution in [0.2, 0.25) is 0 Å². The second-order valence-corrected chi connectivity index (χ2v) is 7.42. The van der Waals surface area contributed by atoms with Crippen LogP contribution in [0.5, 0.6) is 0 Å². The highest BCUT2D eigenvalue weighted by molar-refractivity contribution is 7.89. The van der Waals surface area contributed by atoms with E-state index in [1.165, 1.54) is 12.1 Å². The molecule has 1 heterocycles. The van der Waals surface area contributed by atoms with E-state index in [0.717, 1.165) is 19.3 Å². The molecule has 2 unspecified atom stereocenters. The fraction of sp³-hybridized carbons (Fsp3) is 0.533. The van der Waals surface area contributed by atoms with Crippen LogP contribution in [-0.2, 0) is 10.0 Å². The summed E-state index contributed by atoms with van der Waals surface area (Å²) in [4.78, 5) is 11.2. The van der Waals surface area contributed by atoms with Gasteiger partial charge in [0.15, 0.2) is 0 Å². The lowest BCUT2D eigenvalue weighted by Crippen LogP contribution is -2.39. The molecule has 0 aliphatic carbocycles. The van der Waals surface area contributed by atoms with Gasteiger partial charge in [0.2, 0.25) is 10.0 Å². The number of hydrogen-bond donors (Lipinski definition) is 1. The number of benzene rings is 1. The molecule has 0 spiro atoms. The summed E-state index contributed by atoms with van der Waals surface area (Å²) in [6.07, 6.45) is 2.46. The molecule has 1 fully saturated rings. The Hall–Kier alpha value is -1.40. The molecular weight excluding hydrogens is 290 g/mol. The van der Waals surface area contributed by atoms with Crippen LogP contribution >= 0.6 is 0 Å². The highest BCUT2D eigenvalue weighted by atomic mass is 32.2. The standard InChI is InChI=1S/C15H21NO4S/c1-4-13-8-6-11(3)16(13)21(19,20)14-9-12(15(17)18)7-5-10(14)2/h5,7,9,11,13H,4,6,8H2,1-3H3,(H,17,18). The summed E-state index contributed by atoms with van der Waals surface area (Å²) in [5.74, 6) is -1.12. The first-order valence-electron chi connectivity index (χ1n) is 7.16. The van der Waals surface area contributed by atoms with Crippen LogP contribution < -0.4 is 0 Å². The minimum atomic E-state index is -3.67. The van der Waals surface area contributed by atoms with Crippen LogP contribution in [0.25, 0.3) is 0 Å². The third kappa shape index (κ3) is 2.82. The maximum atomic E-state index is 12.9. The zero-order valence-electron chi connectivity index (χ0n) is 12.5. The molecule has 0 saturated carbocycles. The Morgan fingerprint density at radius 1 is 1.38 bits per heavy atom. The number of rotatable bonds is 4. The zero-order valence-corrected chi connectivity index (χ0v) is 13.4. The van der Waals surface area contributed by atoms with Crippen molar-refractivity contribution < 1.29 is 18.3 Å². The summed E-state index contributed by atoms with van der Waals surface area (Å²) in [5.41, 5.74) is 0.577. The van der Waals surface area contributed by atoms with E-state index in [2.05, 4.69) is 0 Å². The van der Waals surface area contributed by atoms with E-state index in [1.807, 2.05) is 13.8 Å². The van der Waals surface area contributed by atoms with Gasteiger partial charge in [-0.2, -0.15) is 4.31 Å². The summed E-state index contributed by atoms with van der Waals surface area (Å²) >= 11 is 0. The van der Waals surface area contributed by atoms with Gasteiger partial charge in [0.25, 0.3) is 0 Å². The van der Waals surface area contributed by atoms with Gasteiger partial charge in [0.1, 0.15) is 0 Å². The number of carboxylic acids is 1. The molecule has 1 aliphatic heterocycles. The minimum Gasteiger partial charge on any atom is -0.478 e. The Kier molecular flexibility index (Phi) is 4.39. The number of aromatic carboxylic acids is 1. The van der Waals surface area contributed by atoms with Gasteiger partial charge in [-0.15, -0.1) is 0 Å². The van der Waals surface area contributed by atoms with E-state index in [9.17, 15) is 13.2 Å². The van der Waals surface area contributed by atoms with Crippen LogP contribution in [0.4, 0.5) is 0 Å². The van der Waals surface area contributed by atoms with Gasteiger partial charge in [0.05, 0.1) is 10.5 Å². The summed E-state index contributed by atoms with van der Waals surface area (Å²) in [7, 11) is -3.67. The Morgan fingerprint density at radius 2 is 2.05 bits per heavy atom. The Bertz CT molecular complexity index is 654. The molecule has 2 atom stereocenters. The predicted molar refractivity (Wildman–Crippen MR) is 79.9 cm³/mol. The van der Waals surface area contributed by atoms with Crippen molar-refractivity contribution >= 4 is 16.0 Å². The molecule has 0 amide bonds. The summed E-state index contributed by atoms with van der Waals surface area (Å²) < 4.78 is 27.4. The first-order chi connectivity index (χ1) is 9.78. The first-order valence-corrected chi connectivity index (χ1v) is 8.60. The number of aryl methyl sites for hydroxylation is 1. The second-order valence-electron chi connectivity index (χ2n) is 5.61. The molecule has 1 saturated heterocycles. The average molecular weight is 311 g/mol. The quantitative estimate of drug-likeness (QED) is 0.927. The van der Waals surface area contributed by atoms with Crippen molar-refractivity contribution in [3.8, 4) is 0 Å². The summed E-state index contributed by atoms with van der Waals surface area (Å²) in [6, 6.07) is 4.20. The van der Waals surface area contributed by atoms with Gasteiger partial charge in [-0.25, -0.2) is 13.2 Å². The lowest BCUT2D eigenvalue weighted by atomic mass is 10.1. The van der Waals surface area contributed by atoms with Gasteiger partial charge in [-0.3, -0.25) is 0 Å². The third-order valence-corrected chi connectivity index (χ3v) is 6.38. The van der Waals surface area contributed by atoms with Crippen molar-refractivity contribution in [1.29, 1.82) is 0 Å². The Morgan fingerprint density at radius 3 is 2.62 bits per heavy atom.